The molecule has 0 aliphatic rings. The molecule has 1 atom stereocenters. The van der Waals surface area contributed by atoms with Crippen LogP contribution in [0.2, 0.25) is 0 Å². The Morgan fingerprint density at radius 3 is 1.75 bits per heavy atom. The van der Waals surface area contributed by atoms with Crippen LogP contribution in [0.4, 0.5) is 26.3 Å². The van der Waals surface area contributed by atoms with Gasteiger partial charge >= 0.3 is 22.6 Å². The summed E-state index contributed by atoms with van der Waals surface area (Å²) in [4.78, 5) is 0. The zero-order valence-electron chi connectivity index (χ0n) is 7.93. The van der Waals surface area contributed by atoms with Gasteiger partial charge in [-0.2, -0.15) is 38.9 Å². The van der Waals surface area contributed by atoms with Crippen molar-refractivity contribution in [2.24, 2.45) is 0 Å². The summed E-state index contributed by atoms with van der Waals surface area (Å²) in [7, 11) is -3.66. The fourth-order valence-electron chi connectivity index (χ4n) is 0.448. The van der Waals surface area contributed by atoms with Gasteiger partial charge in [-0.1, -0.05) is 0 Å². The van der Waals surface area contributed by atoms with E-state index in [9.17, 15) is 34.8 Å². The van der Waals surface area contributed by atoms with Crippen molar-refractivity contribution in [2.45, 2.75) is 18.5 Å². The van der Waals surface area contributed by atoms with E-state index in [2.05, 4.69) is 4.18 Å². The quantitative estimate of drug-likeness (QED) is 0.727. The SMILES string of the molecule is CN(C)S(=O)(=O)OC(F)(F)C(F)C(F)(F)F. The van der Waals surface area contributed by atoms with Gasteiger partial charge in [0.25, 0.3) is 6.17 Å². The van der Waals surface area contributed by atoms with Gasteiger partial charge in [0.15, 0.2) is 0 Å². The van der Waals surface area contributed by atoms with Crippen LogP contribution in [0.5, 0.6) is 0 Å². The van der Waals surface area contributed by atoms with Gasteiger partial charge in [-0.3, -0.25) is 0 Å². The van der Waals surface area contributed by atoms with E-state index in [-0.39, 0.29) is 4.31 Å². The molecule has 0 N–H and O–H groups in total. The molecule has 0 amide bonds. The summed E-state index contributed by atoms with van der Waals surface area (Å²) in [6.07, 6.45) is -16.2. The Labute approximate surface area is 87.0 Å². The molecule has 0 fully saturated rings. The van der Waals surface area contributed by atoms with Gasteiger partial charge < -0.3 is 0 Å². The van der Waals surface area contributed by atoms with Crippen molar-refractivity contribution in [3.63, 3.8) is 0 Å². The molecule has 0 rings (SSSR count). The van der Waals surface area contributed by atoms with E-state index in [4.69, 9.17) is 0 Å². The molecule has 0 aromatic rings. The van der Waals surface area contributed by atoms with E-state index in [0.717, 1.165) is 14.1 Å². The van der Waals surface area contributed by atoms with Crippen molar-refractivity contribution >= 4 is 10.3 Å². The lowest BCUT2D eigenvalue weighted by Gasteiger charge is -2.23. The van der Waals surface area contributed by atoms with E-state index in [1.54, 1.807) is 0 Å². The molecular weight excluding hydrogens is 268 g/mol. The molecule has 0 aliphatic carbocycles. The highest BCUT2D eigenvalue weighted by atomic mass is 32.2. The molecule has 0 saturated carbocycles. The number of alkyl halides is 6. The number of hydrogen-bond donors (Lipinski definition) is 0. The molecule has 0 radical (unpaired) electrons. The summed E-state index contributed by atoms with van der Waals surface area (Å²) in [5, 5.41) is 0. The third-order valence-electron chi connectivity index (χ3n) is 1.25. The lowest BCUT2D eigenvalue weighted by atomic mass is 10.3. The molecule has 0 spiro atoms. The van der Waals surface area contributed by atoms with E-state index in [1.165, 1.54) is 0 Å². The molecule has 0 aromatic carbocycles. The van der Waals surface area contributed by atoms with Crippen LogP contribution in [0.1, 0.15) is 0 Å². The van der Waals surface area contributed by atoms with Crippen LogP contribution in [-0.4, -0.2) is 45.3 Å². The second-order valence-electron chi connectivity index (χ2n) is 2.79. The number of hydrogen-bond acceptors (Lipinski definition) is 3. The second kappa shape index (κ2) is 4.37. The minimum absolute atomic E-state index is 0.0734. The number of nitrogens with zero attached hydrogens (tertiary/aromatic N) is 1. The molecule has 1 unspecified atom stereocenters. The Bertz CT molecular complexity index is 337. The molecule has 0 bridgehead atoms. The maximum absolute atomic E-state index is 12.4. The standard InChI is InChI=1S/C5H7F6NO3S/c1-12(2)16(13,14)15-5(10,11)3(6)4(7,8)9/h3H,1-2H3. The maximum atomic E-state index is 12.4. The first-order valence-electron chi connectivity index (χ1n) is 3.52. The van der Waals surface area contributed by atoms with Gasteiger partial charge in [-0.25, -0.2) is 4.39 Å². The summed E-state index contributed by atoms with van der Waals surface area (Å²) >= 11 is 0. The molecule has 0 aromatic heterocycles. The van der Waals surface area contributed by atoms with Gasteiger partial charge in [0, 0.05) is 14.1 Å². The Morgan fingerprint density at radius 1 is 1.12 bits per heavy atom. The predicted molar refractivity (Wildman–Crippen MR) is 39.6 cm³/mol. The van der Waals surface area contributed by atoms with Gasteiger partial charge in [-0.15, -0.1) is 0 Å². The highest BCUT2D eigenvalue weighted by Crippen LogP contribution is 2.36. The highest BCUT2D eigenvalue weighted by Gasteiger charge is 2.60. The molecule has 11 heteroatoms. The minimum Gasteiger partial charge on any atom is -0.228 e. The second-order valence-corrected chi connectivity index (χ2v) is 4.54. The zero-order chi connectivity index (χ0) is 13.4. The summed E-state index contributed by atoms with van der Waals surface area (Å²) < 4.78 is 96.1. The molecule has 0 heterocycles. The highest BCUT2D eigenvalue weighted by molar-refractivity contribution is 7.84. The summed E-state index contributed by atoms with van der Waals surface area (Å²) in [6.45, 7) is 0. The van der Waals surface area contributed by atoms with Crippen LogP contribution in [0.3, 0.4) is 0 Å². The van der Waals surface area contributed by atoms with Crippen molar-refractivity contribution in [3.05, 3.63) is 0 Å². The van der Waals surface area contributed by atoms with E-state index >= 15 is 0 Å². The third kappa shape index (κ3) is 3.79. The summed E-state index contributed by atoms with van der Waals surface area (Å²) in [5.74, 6) is 0. The smallest absolute Gasteiger partial charge is 0.228 e. The monoisotopic (exact) mass is 275 g/mol. The molecule has 0 saturated heterocycles. The Hall–Kier alpha value is -0.550. The van der Waals surface area contributed by atoms with Crippen LogP contribution >= 0.6 is 0 Å². The predicted octanol–water partition coefficient (Wildman–Crippen LogP) is 1.30. The summed E-state index contributed by atoms with van der Waals surface area (Å²) in [5.41, 5.74) is 0. The molecule has 0 aliphatic heterocycles. The van der Waals surface area contributed by atoms with Gasteiger partial charge in [-0.05, 0) is 0 Å². The molecular formula is C5H7F6NO3S. The summed E-state index contributed by atoms with van der Waals surface area (Å²) in [6, 6.07) is 0. The topological polar surface area (TPSA) is 46.6 Å². The van der Waals surface area contributed by atoms with Crippen LogP contribution in [0.15, 0.2) is 0 Å². The maximum Gasteiger partial charge on any atom is 0.428 e. The lowest BCUT2D eigenvalue weighted by molar-refractivity contribution is -0.304. The van der Waals surface area contributed by atoms with Crippen LogP contribution in [0, 0.1) is 0 Å². The average molecular weight is 275 g/mol. The van der Waals surface area contributed by atoms with Crippen molar-refractivity contribution < 1.29 is 38.9 Å². The van der Waals surface area contributed by atoms with Crippen molar-refractivity contribution in [3.8, 4) is 0 Å². The zero-order valence-corrected chi connectivity index (χ0v) is 8.74. The van der Waals surface area contributed by atoms with Crippen molar-refractivity contribution in [1.29, 1.82) is 0 Å². The normalized spacial score (nSPS) is 16.6. The van der Waals surface area contributed by atoms with Crippen LogP contribution in [0.25, 0.3) is 0 Å². The number of halogens is 6. The Balaban J connectivity index is 4.98. The first-order valence-corrected chi connectivity index (χ1v) is 4.89. The lowest BCUT2D eigenvalue weighted by Crippen LogP contribution is -2.46. The van der Waals surface area contributed by atoms with Crippen LogP contribution < -0.4 is 0 Å². The fraction of sp³-hybridized carbons (Fsp3) is 1.00. The van der Waals surface area contributed by atoms with Gasteiger partial charge in [0.2, 0.25) is 0 Å². The molecule has 98 valence electrons. The molecule has 16 heavy (non-hydrogen) atoms. The third-order valence-corrected chi connectivity index (χ3v) is 2.57. The number of rotatable bonds is 4. The minimum atomic E-state index is -5.93. The van der Waals surface area contributed by atoms with E-state index in [1.807, 2.05) is 0 Å². The average Bonchev–Trinajstić information content (AvgIpc) is 1.98. The van der Waals surface area contributed by atoms with E-state index < -0.39 is 28.8 Å². The van der Waals surface area contributed by atoms with Crippen LogP contribution in [-0.2, 0) is 14.5 Å². The van der Waals surface area contributed by atoms with Crippen molar-refractivity contribution in [2.75, 3.05) is 14.1 Å². The largest absolute Gasteiger partial charge is 0.428 e. The first-order chi connectivity index (χ1) is 6.81. The molecule has 4 nitrogen and oxygen atoms in total. The van der Waals surface area contributed by atoms with Gasteiger partial charge in [0.05, 0.1) is 0 Å². The van der Waals surface area contributed by atoms with E-state index in [0.29, 0.717) is 0 Å². The van der Waals surface area contributed by atoms with Crippen molar-refractivity contribution in [1.82, 2.24) is 4.31 Å². The Kier molecular flexibility index (Phi) is 4.22. The Morgan fingerprint density at radius 2 is 1.50 bits per heavy atom. The fourth-order valence-corrected chi connectivity index (χ4v) is 0.962. The first kappa shape index (κ1) is 15.4. The van der Waals surface area contributed by atoms with Gasteiger partial charge in [0.1, 0.15) is 0 Å².